The van der Waals surface area contributed by atoms with Crippen molar-refractivity contribution in [2.24, 2.45) is 0 Å². The van der Waals surface area contributed by atoms with E-state index in [2.05, 4.69) is 10.3 Å². The van der Waals surface area contributed by atoms with E-state index in [1.54, 1.807) is 5.01 Å². The van der Waals surface area contributed by atoms with Gasteiger partial charge in [0, 0.05) is 13.1 Å². The molecule has 2 aliphatic rings. The predicted molar refractivity (Wildman–Crippen MR) is 99.1 cm³/mol. The third kappa shape index (κ3) is 3.06. The second kappa shape index (κ2) is 6.70. The maximum Gasteiger partial charge on any atom is 0.335 e. The molecule has 0 radical (unpaired) electrons. The molecule has 4 rings (SSSR count). The van der Waals surface area contributed by atoms with E-state index in [-0.39, 0.29) is 18.3 Å². The molecule has 1 unspecified atom stereocenters. The van der Waals surface area contributed by atoms with Crippen molar-refractivity contribution in [3.8, 4) is 0 Å². The summed E-state index contributed by atoms with van der Waals surface area (Å²) in [5.41, 5.74) is 0.0444. The molecule has 0 saturated heterocycles. The highest BCUT2D eigenvalue weighted by Gasteiger charge is 2.42. The molecule has 8 heteroatoms. The molecule has 1 saturated carbocycles. The number of fused-ring (bicyclic) bond motifs is 1. The van der Waals surface area contributed by atoms with E-state index in [9.17, 15) is 14.7 Å². The zero-order chi connectivity index (χ0) is 19.0. The van der Waals surface area contributed by atoms with E-state index in [4.69, 9.17) is 4.74 Å². The highest BCUT2D eigenvalue weighted by atomic mass is 16.5. The lowest BCUT2D eigenvalue weighted by Gasteiger charge is -2.24. The minimum Gasteiger partial charge on any atom is -0.479 e. The SMILES string of the molecule is CN1C(c2ccccc2)Nc2nc(COC3(C(=O)O)CCCC3)cc(=O)n21. The molecule has 1 atom stereocenters. The zero-order valence-electron chi connectivity index (χ0n) is 15.1. The van der Waals surface area contributed by atoms with Gasteiger partial charge in [-0.1, -0.05) is 30.3 Å². The van der Waals surface area contributed by atoms with Crippen molar-refractivity contribution in [3.63, 3.8) is 0 Å². The third-order valence-electron chi connectivity index (χ3n) is 5.32. The van der Waals surface area contributed by atoms with Gasteiger partial charge in [0.25, 0.3) is 5.56 Å². The summed E-state index contributed by atoms with van der Waals surface area (Å²) in [5, 5.41) is 14.6. The van der Waals surface area contributed by atoms with Crippen LogP contribution in [0.1, 0.15) is 43.1 Å². The monoisotopic (exact) mass is 370 g/mol. The van der Waals surface area contributed by atoms with Gasteiger partial charge in [0.1, 0.15) is 6.17 Å². The lowest BCUT2D eigenvalue weighted by atomic mass is 10.0. The Bertz CT molecular complexity index is 906. The van der Waals surface area contributed by atoms with E-state index in [0.717, 1.165) is 18.4 Å². The molecular weight excluding hydrogens is 348 g/mol. The molecule has 2 heterocycles. The van der Waals surface area contributed by atoms with Gasteiger partial charge in [-0.15, -0.1) is 0 Å². The number of carbonyl (C=O) groups is 1. The van der Waals surface area contributed by atoms with Crippen LogP contribution in [0.25, 0.3) is 0 Å². The molecule has 1 aliphatic heterocycles. The van der Waals surface area contributed by atoms with Gasteiger partial charge in [-0.25, -0.2) is 9.78 Å². The van der Waals surface area contributed by atoms with Crippen molar-refractivity contribution in [3.05, 3.63) is 58.0 Å². The number of aliphatic carboxylic acids is 1. The number of nitrogens with zero attached hydrogens (tertiary/aromatic N) is 3. The number of nitrogens with one attached hydrogen (secondary N) is 1. The Morgan fingerprint density at radius 2 is 2.04 bits per heavy atom. The summed E-state index contributed by atoms with van der Waals surface area (Å²) in [7, 11) is 1.82. The van der Waals surface area contributed by atoms with Crippen LogP contribution in [-0.4, -0.2) is 33.4 Å². The summed E-state index contributed by atoms with van der Waals surface area (Å²) in [6, 6.07) is 11.2. The molecular formula is C19H22N4O4. The zero-order valence-corrected chi connectivity index (χ0v) is 15.1. The molecule has 142 valence electrons. The molecule has 1 fully saturated rings. The molecule has 2 aromatic rings. The van der Waals surface area contributed by atoms with Gasteiger partial charge < -0.3 is 15.2 Å². The summed E-state index contributed by atoms with van der Waals surface area (Å²) >= 11 is 0. The normalized spacial score (nSPS) is 20.3. The average molecular weight is 370 g/mol. The van der Waals surface area contributed by atoms with Crippen LogP contribution in [0.2, 0.25) is 0 Å². The summed E-state index contributed by atoms with van der Waals surface area (Å²) in [4.78, 5) is 28.7. The Balaban J connectivity index is 1.57. The molecule has 1 aromatic heterocycles. The Hall–Kier alpha value is -2.87. The predicted octanol–water partition coefficient (Wildman–Crippen LogP) is 1.85. The van der Waals surface area contributed by atoms with E-state index >= 15 is 0 Å². The van der Waals surface area contributed by atoms with Gasteiger partial charge in [-0.2, -0.15) is 4.68 Å². The smallest absolute Gasteiger partial charge is 0.335 e. The number of benzene rings is 1. The van der Waals surface area contributed by atoms with Crippen LogP contribution in [0, 0.1) is 0 Å². The van der Waals surface area contributed by atoms with Crippen molar-refractivity contribution < 1.29 is 14.6 Å². The summed E-state index contributed by atoms with van der Waals surface area (Å²) in [6.45, 7) is -0.00320. The average Bonchev–Trinajstić information content (AvgIpc) is 3.27. The van der Waals surface area contributed by atoms with Crippen molar-refractivity contribution >= 4 is 11.9 Å². The highest BCUT2D eigenvalue weighted by Crippen LogP contribution is 2.34. The maximum atomic E-state index is 12.6. The van der Waals surface area contributed by atoms with Crippen LogP contribution in [-0.2, 0) is 16.1 Å². The lowest BCUT2D eigenvalue weighted by molar-refractivity contribution is -0.167. The van der Waals surface area contributed by atoms with Crippen molar-refractivity contribution in [1.29, 1.82) is 0 Å². The Kier molecular flexibility index (Phi) is 4.35. The largest absolute Gasteiger partial charge is 0.479 e. The molecule has 0 spiro atoms. The van der Waals surface area contributed by atoms with Gasteiger partial charge in [0.2, 0.25) is 5.95 Å². The number of hydrogen-bond acceptors (Lipinski definition) is 6. The van der Waals surface area contributed by atoms with Crippen LogP contribution < -0.4 is 15.9 Å². The van der Waals surface area contributed by atoms with E-state index in [1.807, 2.05) is 37.4 Å². The quantitative estimate of drug-likeness (QED) is 0.829. The summed E-state index contributed by atoms with van der Waals surface area (Å²) in [6.07, 6.45) is 2.44. The van der Waals surface area contributed by atoms with Crippen LogP contribution >= 0.6 is 0 Å². The minimum atomic E-state index is -1.16. The standard InChI is InChI=1S/C19H22N4O4/c1-22-16(13-7-3-2-4-8-13)21-18-20-14(11-15(24)23(18)22)12-27-19(17(25)26)9-5-6-10-19/h2-4,7-8,11,16H,5-6,9-10,12H2,1H3,(H,20,21)(H,25,26). The molecule has 1 aliphatic carbocycles. The first-order chi connectivity index (χ1) is 13.0. The van der Waals surface area contributed by atoms with Gasteiger partial charge >= 0.3 is 5.97 Å². The van der Waals surface area contributed by atoms with Gasteiger partial charge in [-0.05, 0) is 31.2 Å². The lowest BCUT2D eigenvalue weighted by Crippen LogP contribution is -2.39. The number of rotatable bonds is 5. The number of anilines is 1. The van der Waals surface area contributed by atoms with Crippen molar-refractivity contribution in [1.82, 2.24) is 9.66 Å². The third-order valence-corrected chi connectivity index (χ3v) is 5.32. The summed E-state index contributed by atoms with van der Waals surface area (Å²) < 4.78 is 7.22. The van der Waals surface area contributed by atoms with Crippen LogP contribution in [0.15, 0.2) is 41.2 Å². The summed E-state index contributed by atoms with van der Waals surface area (Å²) in [5.74, 6) is -0.520. The first-order valence-electron chi connectivity index (χ1n) is 9.05. The fourth-order valence-electron chi connectivity index (χ4n) is 3.84. The van der Waals surface area contributed by atoms with Gasteiger partial charge in [-0.3, -0.25) is 9.80 Å². The molecule has 27 heavy (non-hydrogen) atoms. The minimum absolute atomic E-state index is 0.00320. The maximum absolute atomic E-state index is 12.6. The van der Waals surface area contributed by atoms with Crippen LogP contribution in [0.3, 0.4) is 0 Å². The molecule has 0 amide bonds. The molecule has 0 bridgehead atoms. The molecule has 8 nitrogen and oxygen atoms in total. The second-order valence-corrected chi connectivity index (χ2v) is 7.05. The number of carboxylic acids is 1. The fraction of sp³-hybridized carbons (Fsp3) is 0.421. The Morgan fingerprint density at radius 3 is 2.70 bits per heavy atom. The second-order valence-electron chi connectivity index (χ2n) is 7.05. The van der Waals surface area contributed by atoms with Crippen LogP contribution in [0.5, 0.6) is 0 Å². The fourth-order valence-corrected chi connectivity index (χ4v) is 3.84. The van der Waals surface area contributed by atoms with Crippen molar-refractivity contribution in [2.45, 2.75) is 44.1 Å². The van der Waals surface area contributed by atoms with E-state index < -0.39 is 11.6 Å². The first-order valence-corrected chi connectivity index (χ1v) is 9.05. The van der Waals surface area contributed by atoms with Crippen LogP contribution in [0.4, 0.5) is 5.95 Å². The topological polar surface area (TPSA) is 96.7 Å². The Labute approximate surface area is 156 Å². The molecule has 2 N–H and O–H groups in total. The number of carboxylic acid groups (broad SMARTS) is 1. The number of ether oxygens (including phenoxy) is 1. The number of aromatic nitrogens is 2. The first kappa shape index (κ1) is 17.5. The van der Waals surface area contributed by atoms with E-state index in [1.165, 1.54) is 10.7 Å². The van der Waals surface area contributed by atoms with E-state index in [0.29, 0.717) is 24.5 Å². The molecule has 1 aromatic carbocycles. The highest BCUT2D eigenvalue weighted by molar-refractivity contribution is 5.77. The van der Waals surface area contributed by atoms with Crippen molar-refractivity contribution in [2.75, 3.05) is 17.4 Å². The Morgan fingerprint density at radius 1 is 1.33 bits per heavy atom. The van der Waals surface area contributed by atoms with Gasteiger partial charge in [0.15, 0.2) is 5.60 Å². The number of hydrogen-bond donors (Lipinski definition) is 2. The van der Waals surface area contributed by atoms with Gasteiger partial charge in [0.05, 0.1) is 12.3 Å².